The molecule has 1 saturated heterocycles. The van der Waals surface area contributed by atoms with Gasteiger partial charge in [-0.2, -0.15) is 0 Å². The van der Waals surface area contributed by atoms with Crippen molar-refractivity contribution >= 4 is 22.5 Å². The molecule has 0 aliphatic carbocycles. The molecule has 4 rings (SSSR count). The summed E-state index contributed by atoms with van der Waals surface area (Å²) in [6.07, 6.45) is 0.331. The molecule has 9 heteroatoms. The molecular weight excluding hydrogens is 401 g/mol. The zero-order valence-corrected chi connectivity index (χ0v) is 17.5. The van der Waals surface area contributed by atoms with E-state index >= 15 is 0 Å². The lowest BCUT2D eigenvalue weighted by Gasteiger charge is -2.34. The van der Waals surface area contributed by atoms with Crippen molar-refractivity contribution in [3.63, 3.8) is 0 Å². The standard InChI is InChI=1S/C22H24FN5O3/c1-26-9-11-27(12-10-26)22-24-20-13-16(25-30)4-6-18(20)21(29)28(22)8-7-15-3-5-17(31-2)14-19(15)23/h3-6,13-14H,7-12H2,1-2H3. The van der Waals surface area contributed by atoms with Crippen LogP contribution in [0.15, 0.2) is 46.4 Å². The number of aryl methyl sites for hydroxylation is 1. The van der Waals surface area contributed by atoms with Crippen LogP contribution in [-0.4, -0.2) is 54.8 Å². The maximum atomic E-state index is 14.4. The van der Waals surface area contributed by atoms with Crippen LogP contribution in [-0.2, 0) is 13.0 Å². The number of likely N-dealkylation sites (N-methyl/N-ethyl adjacent to an activating group) is 1. The topological polar surface area (TPSA) is 80.0 Å². The molecule has 0 amide bonds. The minimum absolute atomic E-state index is 0.217. The Morgan fingerprint density at radius 2 is 1.90 bits per heavy atom. The summed E-state index contributed by atoms with van der Waals surface area (Å²) in [7, 11) is 3.54. The summed E-state index contributed by atoms with van der Waals surface area (Å²) in [6.45, 7) is 3.40. The normalized spacial score (nSPS) is 14.7. The highest BCUT2D eigenvalue weighted by molar-refractivity contribution is 5.81. The van der Waals surface area contributed by atoms with Gasteiger partial charge in [-0.3, -0.25) is 9.36 Å². The molecule has 1 aliphatic heterocycles. The summed E-state index contributed by atoms with van der Waals surface area (Å²) in [6, 6.07) is 9.31. The van der Waals surface area contributed by atoms with Gasteiger partial charge in [0.1, 0.15) is 17.3 Å². The Morgan fingerprint density at radius 3 is 2.58 bits per heavy atom. The summed E-state index contributed by atoms with van der Waals surface area (Å²) in [5, 5.41) is 3.36. The number of hydrogen-bond donors (Lipinski definition) is 0. The molecule has 1 aliphatic rings. The van der Waals surface area contributed by atoms with E-state index in [1.807, 2.05) is 7.05 Å². The first-order valence-electron chi connectivity index (χ1n) is 10.1. The van der Waals surface area contributed by atoms with Crippen LogP contribution in [0.25, 0.3) is 10.9 Å². The van der Waals surface area contributed by atoms with Gasteiger partial charge in [-0.25, -0.2) is 9.37 Å². The number of benzene rings is 2. The minimum Gasteiger partial charge on any atom is -0.497 e. The molecule has 1 aromatic heterocycles. The maximum Gasteiger partial charge on any atom is 0.262 e. The Labute approximate surface area is 178 Å². The molecular formula is C22H24FN5O3. The van der Waals surface area contributed by atoms with Crippen LogP contribution in [0.5, 0.6) is 5.75 Å². The molecule has 0 saturated carbocycles. The number of methoxy groups -OCH3 is 1. The van der Waals surface area contributed by atoms with E-state index < -0.39 is 0 Å². The molecule has 31 heavy (non-hydrogen) atoms. The molecule has 0 unspecified atom stereocenters. The first-order valence-corrected chi connectivity index (χ1v) is 10.1. The number of rotatable bonds is 6. The van der Waals surface area contributed by atoms with Crippen molar-refractivity contribution in [2.24, 2.45) is 5.18 Å². The Kier molecular flexibility index (Phi) is 5.94. The lowest BCUT2D eigenvalue weighted by Crippen LogP contribution is -2.47. The number of halogens is 1. The van der Waals surface area contributed by atoms with Gasteiger partial charge >= 0.3 is 0 Å². The average molecular weight is 425 g/mol. The molecule has 0 bridgehead atoms. The van der Waals surface area contributed by atoms with Crippen LogP contribution in [0.3, 0.4) is 0 Å². The first kappa shape index (κ1) is 20.9. The molecule has 0 N–H and O–H groups in total. The van der Waals surface area contributed by atoms with E-state index in [1.165, 1.54) is 25.3 Å². The predicted molar refractivity (Wildman–Crippen MR) is 118 cm³/mol. The second kappa shape index (κ2) is 8.81. The van der Waals surface area contributed by atoms with Crippen molar-refractivity contribution in [3.8, 4) is 5.75 Å². The zero-order valence-electron chi connectivity index (χ0n) is 17.5. The van der Waals surface area contributed by atoms with E-state index in [9.17, 15) is 14.1 Å². The largest absolute Gasteiger partial charge is 0.497 e. The van der Waals surface area contributed by atoms with Crippen molar-refractivity contribution in [2.75, 3.05) is 45.2 Å². The van der Waals surface area contributed by atoms with Crippen molar-refractivity contribution in [1.29, 1.82) is 0 Å². The van der Waals surface area contributed by atoms with Gasteiger partial charge in [0.15, 0.2) is 0 Å². The summed E-state index contributed by atoms with van der Waals surface area (Å²) in [4.78, 5) is 33.3. The molecule has 0 radical (unpaired) electrons. The van der Waals surface area contributed by atoms with Crippen molar-refractivity contribution in [3.05, 3.63) is 63.0 Å². The lowest BCUT2D eigenvalue weighted by molar-refractivity contribution is 0.309. The third kappa shape index (κ3) is 4.27. The fourth-order valence-electron chi connectivity index (χ4n) is 3.79. The van der Waals surface area contributed by atoms with Gasteiger partial charge in [-0.15, -0.1) is 4.91 Å². The molecule has 162 valence electrons. The summed E-state index contributed by atoms with van der Waals surface area (Å²) < 4.78 is 21.1. The summed E-state index contributed by atoms with van der Waals surface area (Å²) in [5.74, 6) is 0.607. The van der Waals surface area contributed by atoms with Crippen molar-refractivity contribution in [1.82, 2.24) is 14.5 Å². The molecule has 2 heterocycles. The second-order valence-corrected chi connectivity index (χ2v) is 7.66. The highest BCUT2D eigenvalue weighted by Gasteiger charge is 2.21. The van der Waals surface area contributed by atoms with Gasteiger partial charge in [0.05, 0.1) is 18.0 Å². The maximum absolute atomic E-state index is 14.4. The number of fused-ring (bicyclic) bond motifs is 1. The monoisotopic (exact) mass is 425 g/mol. The van der Waals surface area contributed by atoms with Crippen LogP contribution in [0.2, 0.25) is 0 Å². The van der Waals surface area contributed by atoms with Crippen LogP contribution in [0.1, 0.15) is 5.56 Å². The Bertz CT molecular complexity index is 1170. The average Bonchev–Trinajstić information content (AvgIpc) is 2.79. The highest BCUT2D eigenvalue weighted by atomic mass is 19.1. The van der Waals surface area contributed by atoms with Crippen LogP contribution in [0.4, 0.5) is 16.0 Å². The number of anilines is 1. The number of hydrogen-bond acceptors (Lipinski definition) is 7. The number of ether oxygens (including phenoxy) is 1. The number of nitroso groups, excluding NO2 is 1. The van der Waals surface area contributed by atoms with E-state index in [0.717, 1.165) is 26.2 Å². The fraction of sp³-hybridized carbons (Fsp3) is 0.364. The first-order chi connectivity index (χ1) is 15.0. The Balaban J connectivity index is 1.74. The van der Waals surface area contributed by atoms with Gasteiger partial charge in [0, 0.05) is 38.8 Å². The van der Waals surface area contributed by atoms with Crippen LogP contribution >= 0.6 is 0 Å². The number of aromatic nitrogens is 2. The quantitative estimate of drug-likeness (QED) is 0.565. The van der Waals surface area contributed by atoms with E-state index in [1.54, 1.807) is 22.8 Å². The van der Waals surface area contributed by atoms with Crippen molar-refractivity contribution < 1.29 is 9.13 Å². The van der Waals surface area contributed by atoms with Crippen molar-refractivity contribution in [2.45, 2.75) is 13.0 Å². The molecule has 1 fully saturated rings. The fourth-order valence-corrected chi connectivity index (χ4v) is 3.79. The number of nitrogens with zero attached hydrogens (tertiary/aromatic N) is 5. The Hall–Kier alpha value is -3.33. The van der Waals surface area contributed by atoms with E-state index in [2.05, 4.69) is 15.0 Å². The predicted octanol–water partition coefficient (Wildman–Crippen LogP) is 2.94. The van der Waals surface area contributed by atoms with Gasteiger partial charge in [0.2, 0.25) is 5.95 Å². The van der Waals surface area contributed by atoms with E-state index in [0.29, 0.717) is 34.6 Å². The summed E-state index contributed by atoms with van der Waals surface area (Å²) in [5.41, 5.74) is 0.938. The molecule has 3 aromatic rings. The van der Waals surface area contributed by atoms with E-state index in [4.69, 9.17) is 9.72 Å². The van der Waals surface area contributed by atoms with Crippen LogP contribution < -0.4 is 15.2 Å². The van der Waals surface area contributed by atoms with Gasteiger partial charge in [0.25, 0.3) is 5.56 Å². The summed E-state index contributed by atoms with van der Waals surface area (Å²) >= 11 is 0. The lowest BCUT2D eigenvalue weighted by atomic mass is 10.1. The van der Waals surface area contributed by atoms with Gasteiger partial charge < -0.3 is 14.5 Å². The van der Waals surface area contributed by atoms with Gasteiger partial charge in [-0.1, -0.05) is 6.07 Å². The van der Waals surface area contributed by atoms with E-state index in [-0.39, 0.29) is 23.6 Å². The van der Waals surface area contributed by atoms with Crippen LogP contribution in [0, 0.1) is 10.7 Å². The smallest absolute Gasteiger partial charge is 0.262 e. The second-order valence-electron chi connectivity index (χ2n) is 7.66. The SMILES string of the molecule is COc1ccc(CCn2c(N3CCN(C)CC3)nc3cc(N=O)ccc3c2=O)c(F)c1. The number of piperazine rings is 1. The molecule has 0 spiro atoms. The third-order valence-electron chi connectivity index (χ3n) is 5.68. The highest BCUT2D eigenvalue weighted by Crippen LogP contribution is 2.22. The Morgan fingerprint density at radius 1 is 1.13 bits per heavy atom. The van der Waals surface area contributed by atoms with Gasteiger partial charge in [-0.05, 0) is 48.5 Å². The molecule has 0 atom stereocenters. The third-order valence-corrected chi connectivity index (χ3v) is 5.68. The molecule has 2 aromatic carbocycles. The molecule has 8 nitrogen and oxygen atoms in total. The minimum atomic E-state index is -0.371. The zero-order chi connectivity index (χ0) is 22.0.